The van der Waals surface area contributed by atoms with Crippen molar-refractivity contribution in [1.82, 2.24) is 5.32 Å². The molecule has 2 atom stereocenters. The first-order valence-electron chi connectivity index (χ1n) is 9.43. The normalized spacial score (nSPS) is 19.5. The van der Waals surface area contributed by atoms with E-state index in [1.54, 1.807) is 52.0 Å². The van der Waals surface area contributed by atoms with E-state index in [4.69, 9.17) is 18.9 Å². The van der Waals surface area contributed by atoms with Gasteiger partial charge in [0.2, 0.25) is 5.60 Å². The molecule has 1 heterocycles. The van der Waals surface area contributed by atoms with Gasteiger partial charge in [-0.2, -0.15) is 0 Å². The van der Waals surface area contributed by atoms with Gasteiger partial charge in [-0.3, -0.25) is 0 Å². The van der Waals surface area contributed by atoms with E-state index in [9.17, 15) is 14.7 Å². The number of hydrogen-bond acceptors (Lipinski definition) is 7. The minimum absolute atomic E-state index is 0.113. The lowest BCUT2D eigenvalue weighted by Gasteiger charge is -2.30. The Kier molecular flexibility index (Phi) is 7.26. The minimum Gasteiger partial charge on any atom is -0.496 e. The molecule has 1 aromatic rings. The van der Waals surface area contributed by atoms with Crippen molar-refractivity contribution in [1.29, 1.82) is 0 Å². The number of aliphatic hydroxyl groups excluding tert-OH is 1. The predicted molar refractivity (Wildman–Crippen MR) is 105 cm³/mol. The van der Waals surface area contributed by atoms with Crippen molar-refractivity contribution in [3.05, 3.63) is 41.5 Å². The van der Waals surface area contributed by atoms with Crippen LogP contribution in [0.4, 0.5) is 4.79 Å². The van der Waals surface area contributed by atoms with E-state index in [-0.39, 0.29) is 19.8 Å². The highest BCUT2D eigenvalue weighted by molar-refractivity contribution is 5.84. The summed E-state index contributed by atoms with van der Waals surface area (Å²) in [6, 6.07) is 4.94. The van der Waals surface area contributed by atoms with Gasteiger partial charge in [0.1, 0.15) is 17.5 Å². The molecule has 0 saturated carbocycles. The summed E-state index contributed by atoms with van der Waals surface area (Å²) in [5, 5.41) is 13.6. The molecular weight excluding hydrogens is 378 g/mol. The van der Waals surface area contributed by atoms with E-state index in [0.717, 1.165) is 0 Å². The number of rotatable bonds is 7. The van der Waals surface area contributed by atoms with Crippen LogP contribution in [0.3, 0.4) is 0 Å². The van der Waals surface area contributed by atoms with E-state index in [2.05, 4.69) is 5.32 Å². The lowest BCUT2D eigenvalue weighted by molar-refractivity contribution is -0.175. The average molecular weight is 407 g/mol. The maximum Gasteiger partial charge on any atom is 0.407 e. The second-order valence-corrected chi connectivity index (χ2v) is 7.56. The first-order valence-corrected chi connectivity index (χ1v) is 9.43. The number of esters is 1. The zero-order valence-corrected chi connectivity index (χ0v) is 17.5. The molecule has 0 spiro atoms. The van der Waals surface area contributed by atoms with E-state index in [1.165, 1.54) is 13.2 Å². The topological polar surface area (TPSA) is 103 Å². The molecule has 0 saturated heterocycles. The van der Waals surface area contributed by atoms with E-state index in [0.29, 0.717) is 16.9 Å². The molecule has 2 N–H and O–H groups in total. The van der Waals surface area contributed by atoms with Gasteiger partial charge in [-0.1, -0.05) is 12.1 Å². The van der Waals surface area contributed by atoms with Gasteiger partial charge in [-0.05, 0) is 51.5 Å². The highest BCUT2D eigenvalue weighted by Gasteiger charge is 2.48. The molecule has 2 rings (SSSR count). The highest BCUT2D eigenvalue weighted by atomic mass is 16.6. The predicted octanol–water partition coefficient (Wildman–Crippen LogP) is 2.64. The first-order chi connectivity index (χ1) is 13.6. The SMILES string of the molecule is CCOC(=O)C1(C(O)c2ccc(OC)c(CNC(=O)OC(C)(C)C)c2)C=CCO1. The molecule has 160 valence electrons. The van der Waals surface area contributed by atoms with Gasteiger partial charge in [0.05, 0.1) is 20.3 Å². The quantitative estimate of drug-likeness (QED) is 0.529. The Balaban J connectivity index is 2.25. The summed E-state index contributed by atoms with van der Waals surface area (Å²) in [5.41, 5.74) is -1.20. The van der Waals surface area contributed by atoms with Crippen LogP contribution in [0.25, 0.3) is 0 Å². The van der Waals surface area contributed by atoms with Gasteiger partial charge in [-0.15, -0.1) is 0 Å². The number of amides is 1. The zero-order valence-electron chi connectivity index (χ0n) is 17.5. The number of nitrogens with one attached hydrogen (secondary N) is 1. The van der Waals surface area contributed by atoms with E-state index >= 15 is 0 Å². The van der Waals surface area contributed by atoms with Crippen molar-refractivity contribution < 1.29 is 33.6 Å². The summed E-state index contributed by atoms with van der Waals surface area (Å²) < 4.78 is 21.2. The second kappa shape index (κ2) is 9.28. The number of carbonyl (C=O) groups excluding carboxylic acids is 2. The Bertz CT molecular complexity index is 769. The van der Waals surface area contributed by atoms with Crippen molar-refractivity contribution in [3.8, 4) is 5.75 Å². The van der Waals surface area contributed by atoms with Crippen LogP contribution in [0.2, 0.25) is 0 Å². The van der Waals surface area contributed by atoms with E-state index < -0.39 is 29.4 Å². The van der Waals surface area contributed by atoms with Crippen LogP contribution in [0.1, 0.15) is 44.9 Å². The van der Waals surface area contributed by atoms with Crippen molar-refractivity contribution in [3.63, 3.8) is 0 Å². The summed E-state index contributed by atoms with van der Waals surface area (Å²) in [4.78, 5) is 24.4. The van der Waals surface area contributed by atoms with Gasteiger partial charge in [0.25, 0.3) is 0 Å². The molecule has 0 aromatic heterocycles. The molecule has 0 bridgehead atoms. The third-order valence-corrected chi connectivity index (χ3v) is 4.23. The van der Waals surface area contributed by atoms with Crippen LogP contribution >= 0.6 is 0 Å². The van der Waals surface area contributed by atoms with Crippen LogP contribution in [-0.2, 0) is 25.5 Å². The molecule has 1 aromatic carbocycles. The number of benzene rings is 1. The summed E-state index contributed by atoms with van der Waals surface area (Å²) in [6.45, 7) is 7.47. The van der Waals surface area contributed by atoms with Crippen molar-refractivity contribution >= 4 is 12.1 Å². The highest BCUT2D eigenvalue weighted by Crippen LogP contribution is 2.36. The lowest BCUT2D eigenvalue weighted by atomic mass is 9.90. The largest absolute Gasteiger partial charge is 0.496 e. The molecule has 0 aliphatic carbocycles. The molecular formula is C21H29NO7. The Morgan fingerprint density at radius 1 is 1.34 bits per heavy atom. The lowest BCUT2D eigenvalue weighted by Crippen LogP contribution is -2.44. The maximum absolute atomic E-state index is 12.5. The van der Waals surface area contributed by atoms with Crippen molar-refractivity contribution in [2.75, 3.05) is 20.3 Å². The summed E-state index contributed by atoms with van der Waals surface area (Å²) in [7, 11) is 1.51. The fraction of sp³-hybridized carbons (Fsp3) is 0.524. The Morgan fingerprint density at radius 2 is 2.07 bits per heavy atom. The number of carbonyl (C=O) groups is 2. The van der Waals surface area contributed by atoms with Gasteiger partial charge in [0, 0.05) is 12.1 Å². The molecule has 2 unspecified atom stereocenters. The van der Waals surface area contributed by atoms with Crippen LogP contribution in [0, 0.1) is 0 Å². The second-order valence-electron chi connectivity index (χ2n) is 7.56. The monoisotopic (exact) mass is 407 g/mol. The van der Waals surface area contributed by atoms with Crippen LogP contribution in [0.15, 0.2) is 30.4 Å². The molecule has 8 nitrogen and oxygen atoms in total. The summed E-state index contributed by atoms with van der Waals surface area (Å²) in [6.07, 6.45) is 1.30. The third kappa shape index (κ3) is 5.48. The van der Waals surface area contributed by atoms with Gasteiger partial charge in [0.15, 0.2) is 0 Å². The molecule has 8 heteroatoms. The van der Waals surface area contributed by atoms with Crippen LogP contribution < -0.4 is 10.1 Å². The Labute approximate surface area is 170 Å². The fourth-order valence-electron chi connectivity index (χ4n) is 2.95. The molecule has 0 radical (unpaired) electrons. The standard InChI is InChI=1S/C21H29NO7/c1-6-27-18(24)21(10-7-11-28-21)17(23)14-8-9-16(26-5)15(12-14)13-22-19(25)29-20(2,3)4/h7-10,12,17,23H,6,11,13H2,1-5H3,(H,22,25). The van der Waals surface area contributed by atoms with Gasteiger partial charge >= 0.3 is 12.1 Å². The molecule has 29 heavy (non-hydrogen) atoms. The van der Waals surface area contributed by atoms with Crippen LogP contribution in [0.5, 0.6) is 5.75 Å². The first kappa shape index (κ1) is 22.7. The number of alkyl carbamates (subject to hydrolysis) is 1. The Hall–Kier alpha value is -2.58. The van der Waals surface area contributed by atoms with E-state index in [1.807, 2.05) is 0 Å². The molecule has 1 amide bonds. The molecule has 1 aliphatic rings. The zero-order chi connectivity index (χ0) is 21.7. The third-order valence-electron chi connectivity index (χ3n) is 4.23. The van der Waals surface area contributed by atoms with Crippen molar-refractivity contribution in [2.45, 2.75) is 51.5 Å². The number of methoxy groups -OCH3 is 1. The summed E-state index contributed by atoms with van der Waals surface area (Å²) >= 11 is 0. The van der Waals surface area contributed by atoms with Gasteiger partial charge in [-0.25, -0.2) is 9.59 Å². The molecule has 0 fully saturated rings. The van der Waals surface area contributed by atoms with Gasteiger partial charge < -0.3 is 29.4 Å². The average Bonchev–Trinajstić information content (AvgIpc) is 3.15. The fourth-order valence-corrected chi connectivity index (χ4v) is 2.95. The summed E-state index contributed by atoms with van der Waals surface area (Å²) in [5.74, 6) is -0.143. The number of aliphatic hydroxyl groups is 1. The maximum atomic E-state index is 12.5. The van der Waals surface area contributed by atoms with Crippen LogP contribution in [-0.4, -0.2) is 48.7 Å². The number of ether oxygens (including phenoxy) is 4. The number of hydrogen-bond donors (Lipinski definition) is 2. The smallest absolute Gasteiger partial charge is 0.407 e. The minimum atomic E-state index is -1.61. The Morgan fingerprint density at radius 3 is 2.62 bits per heavy atom. The molecule has 1 aliphatic heterocycles. The van der Waals surface area contributed by atoms with Crippen molar-refractivity contribution in [2.24, 2.45) is 0 Å².